The van der Waals surface area contributed by atoms with E-state index in [1.807, 2.05) is 6.92 Å². The van der Waals surface area contributed by atoms with Crippen molar-refractivity contribution in [3.8, 4) is 0 Å². The molecule has 1 aliphatic carbocycles. The zero-order valence-electron chi connectivity index (χ0n) is 9.75. The minimum atomic E-state index is -0.0225. The quantitative estimate of drug-likeness (QED) is 0.652. The number of hydrogen-bond acceptors (Lipinski definition) is 2. The molecule has 2 heteroatoms. The molecule has 1 fully saturated rings. The van der Waals surface area contributed by atoms with Gasteiger partial charge in [-0.25, -0.2) is 0 Å². The number of rotatable bonds is 3. The van der Waals surface area contributed by atoms with Crippen molar-refractivity contribution in [1.29, 1.82) is 0 Å². The fourth-order valence-corrected chi connectivity index (χ4v) is 2.56. The maximum Gasteiger partial charge on any atom is 0.306 e. The molecule has 2 nitrogen and oxygen atoms in total. The molecule has 0 saturated heterocycles. The molecule has 0 aliphatic heterocycles. The van der Waals surface area contributed by atoms with Gasteiger partial charge >= 0.3 is 5.97 Å². The summed E-state index contributed by atoms with van der Waals surface area (Å²) in [5, 5.41) is 0. The summed E-state index contributed by atoms with van der Waals surface area (Å²) in [6, 6.07) is 0. The van der Waals surface area contributed by atoms with Gasteiger partial charge in [0.2, 0.25) is 0 Å². The summed E-state index contributed by atoms with van der Waals surface area (Å²) in [6.45, 7) is 9.21. The fourth-order valence-electron chi connectivity index (χ4n) is 2.56. The Morgan fingerprint density at radius 2 is 1.93 bits per heavy atom. The third-order valence-corrected chi connectivity index (χ3v) is 3.88. The zero-order valence-corrected chi connectivity index (χ0v) is 9.75. The zero-order chi connectivity index (χ0) is 10.7. The van der Waals surface area contributed by atoms with Crippen LogP contribution in [0.2, 0.25) is 0 Å². The molecule has 0 heterocycles. The van der Waals surface area contributed by atoms with Crippen LogP contribution in [0.15, 0.2) is 0 Å². The minimum absolute atomic E-state index is 0.0225. The van der Waals surface area contributed by atoms with Crippen LogP contribution in [-0.2, 0) is 9.53 Å². The molecule has 82 valence electrons. The smallest absolute Gasteiger partial charge is 0.306 e. The van der Waals surface area contributed by atoms with E-state index < -0.39 is 0 Å². The molecule has 0 radical (unpaired) electrons. The van der Waals surface area contributed by atoms with Crippen LogP contribution < -0.4 is 0 Å². The summed E-state index contributed by atoms with van der Waals surface area (Å²) in [4.78, 5) is 11.3. The van der Waals surface area contributed by atoms with E-state index in [0.717, 1.165) is 11.8 Å². The second-order valence-corrected chi connectivity index (χ2v) is 4.70. The van der Waals surface area contributed by atoms with Gasteiger partial charge in [0, 0.05) is 6.42 Å². The van der Waals surface area contributed by atoms with Crippen LogP contribution in [0.1, 0.15) is 40.5 Å². The van der Waals surface area contributed by atoms with Gasteiger partial charge in [-0.2, -0.15) is 0 Å². The van der Waals surface area contributed by atoms with Crippen molar-refractivity contribution in [3.05, 3.63) is 0 Å². The maximum absolute atomic E-state index is 11.3. The Bertz CT molecular complexity index is 200. The van der Waals surface area contributed by atoms with Gasteiger partial charge in [0.25, 0.3) is 0 Å². The first-order chi connectivity index (χ1) is 6.56. The lowest BCUT2D eigenvalue weighted by Crippen LogP contribution is -2.15. The van der Waals surface area contributed by atoms with Gasteiger partial charge in [0.1, 0.15) is 0 Å². The first-order valence-electron chi connectivity index (χ1n) is 5.71. The topological polar surface area (TPSA) is 26.3 Å². The molecular formula is C12H22O2. The highest BCUT2D eigenvalue weighted by Gasteiger charge is 2.36. The molecule has 4 atom stereocenters. The maximum atomic E-state index is 11.3. The number of ether oxygens (including phenoxy) is 1. The number of carbonyl (C=O) groups is 1. The van der Waals surface area contributed by atoms with E-state index >= 15 is 0 Å². The summed E-state index contributed by atoms with van der Waals surface area (Å²) < 4.78 is 4.98. The molecule has 0 aromatic rings. The standard InChI is InChI=1S/C12H22O2/c1-5-14-12(13)7-11-6-8(2)9(3)10(11)4/h8-11H,5-7H2,1-4H3. The summed E-state index contributed by atoms with van der Waals surface area (Å²) >= 11 is 0. The van der Waals surface area contributed by atoms with Gasteiger partial charge in [-0.05, 0) is 37.0 Å². The van der Waals surface area contributed by atoms with Crippen LogP contribution in [-0.4, -0.2) is 12.6 Å². The van der Waals surface area contributed by atoms with E-state index in [9.17, 15) is 4.79 Å². The minimum Gasteiger partial charge on any atom is -0.466 e. The van der Waals surface area contributed by atoms with Crippen molar-refractivity contribution in [2.45, 2.75) is 40.5 Å². The van der Waals surface area contributed by atoms with Crippen LogP contribution in [0, 0.1) is 23.7 Å². The van der Waals surface area contributed by atoms with Gasteiger partial charge in [0.05, 0.1) is 6.61 Å². The molecule has 1 aliphatic rings. The van der Waals surface area contributed by atoms with Crippen LogP contribution in [0.5, 0.6) is 0 Å². The summed E-state index contributed by atoms with van der Waals surface area (Å²) in [5.74, 6) is 2.68. The van der Waals surface area contributed by atoms with Crippen LogP contribution in [0.4, 0.5) is 0 Å². The molecule has 1 saturated carbocycles. The van der Waals surface area contributed by atoms with Gasteiger partial charge in [-0.15, -0.1) is 0 Å². The number of hydrogen-bond donors (Lipinski definition) is 0. The molecule has 14 heavy (non-hydrogen) atoms. The Kier molecular flexibility index (Phi) is 3.97. The Labute approximate surface area is 87.0 Å². The van der Waals surface area contributed by atoms with E-state index in [-0.39, 0.29) is 5.97 Å². The molecular weight excluding hydrogens is 176 g/mol. The third kappa shape index (κ3) is 2.49. The van der Waals surface area contributed by atoms with E-state index in [4.69, 9.17) is 4.74 Å². The molecule has 4 unspecified atom stereocenters. The predicted molar refractivity (Wildman–Crippen MR) is 56.8 cm³/mol. The fraction of sp³-hybridized carbons (Fsp3) is 0.917. The van der Waals surface area contributed by atoms with E-state index in [1.54, 1.807) is 0 Å². The van der Waals surface area contributed by atoms with Gasteiger partial charge in [-0.1, -0.05) is 20.8 Å². The van der Waals surface area contributed by atoms with Crippen LogP contribution in [0.25, 0.3) is 0 Å². The van der Waals surface area contributed by atoms with Gasteiger partial charge in [0.15, 0.2) is 0 Å². The Balaban J connectivity index is 2.43. The van der Waals surface area contributed by atoms with Crippen molar-refractivity contribution >= 4 is 5.97 Å². The summed E-state index contributed by atoms with van der Waals surface area (Å²) in [6.07, 6.45) is 1.80. The van der Waals surface area contributed by atoms with Crippen molar-refractivity contribution in [2.24, 2.45) is 23.7 Å². The third-order valence-electron chi connectivity index (χ3n) is 3.88. The lowest BCUT2D eigenvalue weighted by molar-refractivity contribution is -0.144. The Morgan fingerprint density at radius 3 is 2.36 bits per heavy atom. The largest absolute Gasteiger partial charge is 0.466 e. The molecule has 0 aromatic carbocycles. The molecule has 0 spiro atoms. The average Bonchev–Trinajstić information content (AvgIpc) is 2.34. The molecule has 0 bridgehead atoms. The lowest BCUT2D eigenvalue weighted by atomic mass is 9.89. The number of carbonyl (C=O) groups excluding carboxylic acids is 1. The Morgan fingerprint density at radius 1 is 1.29 bits per heavy atom. The van der Waals surface area contributed by atoms with E-state index in [0.29, 0.717) is 24.9 Å². The predicted octanol–water partition coefficient (Wildman–Crippen LogP) is 2.87. The molecule has 0 amide bonds. The highest BCUT2D eigenvalue weighted by molar-refractivity contribution is 5.69. The number of esters is 1. The first kappa shape index (κ1) is 11.5. The van der Waals surface area contributed by atoms with Crippen molar-refractivity contribution < 1.29 is 9.53 Å². The first-order valence-corrected chi connectivity index (χ1v) is 5.71. The second-order valence-electron chi connectivity index (χ2n) is 4.70. The molecule has 0 aromatic heterocycles. The summed E-state index contributed by atoms with van der Waals surface area (Å²) in [5.41, 5.74) is 0. The monoisotopic (exact) mass is 198 g/mol. The van der Waals surface area contributed by atoms with Crippen molar-refractivity contribution in [1.82, 2.24) is 0 Å². The Hall–Kier alpha value is -0.530. The lowest BCUT2D eigenvalue weighted by Gasteiger charge is -2.17. The molecule has 0 N–H and O–H groups in total. The van der Waals surface area contributed by atoms with Crippen LogP contribution in [0.3, 0.4) is 0 Å². The highest BCUT2D eigenvalue weighted by Crippen LogP contribution is 2.42. The van der Waals surface area contributed by atoms with Crippen LogP contribution >= 0.6 is 0 Å². The van der Waals surface area contributed by atoms with Gasteiger partial charge < -0.3 is 4.74 Å². The second kappa shape index (κ2) is 4.81. The van der Waals surface area contributed by atoms with E-state index in [2.05, 4.69) is 20.8 Å². The van der Waals surface area contributed by atoms with Crippen molar-refractivity contribution in [2.75, 3.05) is 6.61 Å². The van der Waals surface area contributed by atoms with E-state index in [1.165, 1.54) is 6.42 Å². The average molecular weight is 198 g/mol. The van der Waals surface area contributed by atoms with Crippen molar-refractivity contribution in [3.63, 3.8) is 0 Å². The summed E-state index contributed by atoms with van der Waals surface area (Å²) in [7, 11) is 0. The normalized spacial score (nSPS) is 37.1. The SMILES string of the molecule is CCOC(=O)CC1CC(C)C(C)C1C. The molecule has 1 rings (SSSR count). The highest BCUT2D eigenvalue weighted by atomic mass is 16.5. The van der Waals surface area contributed by atoms with Gasteiger partial charge in [-0.3, -0.25) is 4.79 Å².